The maximum Gasteiger partial charge on any atom is 0.337 e. The number of benzene rings is 2. The standard InChI is InChI=1S/C19H17BrN2O4/c1-3-25-19(23)13-8-12-9-16(18(24-2)10-17(12)26-11-13)22-21-15-6-4-14(20)5-7-15/h4-10H,3,11H2,1-2H3. The number of nitrogens with zero attached hydrogens (tertiary/aromatic N) is 2. The minimum absolute atomic E-state index is 0.161. The highest BCUT2D eigenvalue weighted by molar-refractivity contribution is 9.10. The van der Waals surface area contributed by atoms with E-state index in [1.54, 1.807) is 32.2 Å². The van der Waals surface area contributed by atoms with Crippen LogP contribution in [0.2, 0.25) is 0 Å². The molecule has 0 saturated heterocycles. The number of halogens is 1. The first kappa shape index (κ1) is 18.1. The van der Waals surface area contributed by atoms with E-state index in [4.69, 9.17) is 14.2 Å². The highest BCUT2D eigenvalue weighted by Crippen LogP contribution is 2.38. The average molecular weight is 417 g/mol. The number of ether oxygens (including phenoxy) is 3. The van der Waals surface area contributed by atoms with Gasteiger partial charge in [-0.1, -0.05) is 15.9 Å². The second-order valence-electron chi connectivity index (χ2n) is 5.42. The molecule has 0 aliphatic carbocycles. The molecule has 0 aromatic heterocycles. The zero-order valence-electron chi connectivity index (χ0n) is 14.4. The molecule has 7 heteroatoms. The van der Waals surface area contributed by atoms with Gasteiger partial charge in [-0.05, 0) is 43.3 Å². The molecule has 0 saturated carbocycles. The van der Waals surface area contributed by atoms with Crippen LogP contribution in [0.4, 0.5) is 11.4 Å². The number of hydrogen-bond acceptors (Lipinski definition) is 6. The van der Waals surface area contributed by atoms with Crippen LogP contribution in [-0.4, -0.2) is 26.3 Å². The monoisotopic (exact) mass is 416 g/mol. The van der Waals surface area contributed by atoms with Gasteiger partial charge in [0.15, 0.2) is 0 Å². The molecule has 3 rings (SSSR count). The molecule has 0 unspecified atom stereocenters. The molecule has 26 heavy (non-hydrogen) atoms. The summed E-state index contributed by atoms with van der Waals surface area (Å²) >= 11 is 3.38. The Hall–Kier alpha value is -2.67. The molecule has 0 amide bonds. The fraction of sp³-hybridized carbons (Fsp3) is 0.211. The zero-order chi connectivity index (χ0) is 18.5. The van der Waals surface area contributed by atoms with Crippen molar-refractivity contribution in [1.29, 1.82) is 0 Å². The highest BCUT2D eigenvalue weighted by atomic mass is 79.9. The third-order valence-electron chi connectivity index (χ3n) is 3.66. The van der Waals surface area contributed by atoms with E-state index in [9.17, 15) is 4.79 Å². The first-order valence-electron chi connectivity index (χ1n) is 8.00. The summed E-state index contributed by atoms with van der Waals surface area (Å²) in [6.45, 7) is 2.24. The number of azo groups is 1. The van der Waals surface area contributed by atoms with Gasteiger partial charge in [-0.3, -0.25) is 0 Å². The average Bonchev–Trinajstić information content (AvgIpc) is 2.66. The van der Waals surface area contributed by atoms with Crippen molar-refractivity contribution in [2.45, 2.75) is 6.92 Å². The molecule has 2 aromatic rings. The first-order valence-corrected chi connectivity index (χ1v) is 8.80. The molecule has 0 N–H and O–H groups in total. The normalized spacial score (nSPS) is 13.0. The van der Waals surface area contributed by atoms with E-state index >= 15 is 0 Å². The Labute approximate surface area is 159 Å². The number of rotatable bonds is 5. The van der Waals surface area contributed by atoms with Crippen LogP contribution < -0.4 is 9.47 Å². The Bertz CT molecular complexity index is 876. The number of esters is 1. The summed E-state index contributed by atoms with van der Waals surface area (Å²) in [4.78, 5) is 11.9. The molecule has 0 bridgehead atoms. The Balaban J connectivity index is 1.93. The predicted octanol–water partition coefficient (Wildman–Crippen LogP) is 5.21. The number of carbonyl (C=O) groups is 1. The molecule has 6 nitrogen and oxygen atoms in total. The molecule has 0 atom stereocenters. The molecule has 134 valence electrons. The summed E-state index contributed by atoms with van der Waals surface area (Å²) in [5, 5.41) is 8.50. The van der Waals surface area contributed by atoms with E-state index in [-0.39, 0.29) is 12.6 Å². The molecule has 2 aromatic carbocycles. The van der Waals surface area contributed by atoms with Crippen molar-refractivity contribution in [3.8, 4) is 11.5 Å². The Morgan fingerprint density at radius 1 is 1.23 bits per heavy atom. The van der Waals surface area contributed by atoms with E-state index in [1.165, 1.54) is 0 Å². The largest absolute Gasteiger partial charge is 0.494 e. The molecule has 0 radical (unpaired) electrons. The lowest BCUT2D eigenvalue weighted by molar-refractivity contribution is -0.138. The molecule has 0 spiro atoms. The third-order valence-corrected chi connectivity index (χ3v) is 4.19. The fourth-order valence-corrected chi connectivity index (χ4v) is 2.66. The molecule has 0 fully saturated rings. The van der Waals surface area contributed by atoms with E-state index in [0.29, 0.717) is 35.1 Å². The van der Waals surface area contributed by atoms with Crippen LogP contribution in [-0.2, 0) is 9.53 Å². The molecule has 1 heterocycles. The lowest BCUT2D eigenvalue weighted by Gasteiger charge is -2.18. The van der Waals surface area contributed by atoms with Gasteiger partial charge >= 0.3 is 5.97 Å². The number of fused-ring (bicyclic) bond motifs is 1. The Morgan fingerprint density at radius 3 is 2.69 bits per heavy atom. The zero-order valence-corrected chi connectivity index (χ0v) is 15.9. The van der Waals surface area contributed by atoms with E-state index in [2.05, 4.69) is 26.2 Å². The fourth-order valence-electron chi connectivity index (χ4n) is 2.39. The molecular weight excluding hydrogens is 400 g/mol. The van der Waals surface area contributed by atoms with Crippen molar-refractivity contribution in [3.05, 3.63) is 52.0 Å². The summed E-state index contributed by atoms with van der Waals surface area (Å²) in [7, 11) is 1.56. The number of methoxy groups -OCH3 is 1. The third kappa shape index (κ3) is 4.11. The van der Waals surface area contributed by atoms with Gasteiger partial charge in [0.25, 0.3) is 0 Å². The SMILES string of the molecule is CCOC(=O)C1=Cc2cc(N=Nc3ccc(Br)cc3)c(OC)cc2OC1. The maximum absolute atomic E-state index is 11.9. The van der Waals surface area contributed by atoms with Crippen LogP contribution in [0, 0.1) is 0 Å². The van der Waals surface area contributed by atoms with Gasteiger partial charge < -0.3 is 14.2 Å². The van der Waals surface area contributed by atoms with Crippen molar-refractivity contribution in [1.82, 2.24) is 0 Å². The van der Waals surface area contributed by atoms with Gasteiger partial charge in [0.05, 0.1) is 25.0 Å². The van der Waals surface area contributed by atoms with Crippen molar-refractivity contribution < 1.29 is 19.0 Å². The summed E-state index contributed by atoms with van der Waals surface area (Å²) in [5.74, 6) is 0.780. The molecule has 1 aliphatic heterocycles. The predicted molar refractivity (Wildman–Crippen MR) is 101 cm³/mol. The van der Waals surface area contributed by atoms with Crippen molar-refractivity contribution in [2.24, 2.45) is 10.2 Å². The van der Waals surface area contributed by atoms with Crippen LogP contribution >= 0.6 is 15.9 Å². The van der Waals surface area contributed by atoms with Gasteiger partial charge in [0, 0.05) is 16.1 Å². The Kier molecular flexibility index (Phi) is 5.68. The van der Waals surface area contributed by atoms with E-state index in [0.717, 1.165) is 10.0 Å². The summed E-state index contributed by atoms with van der Waals surface area (Å²) in [6, 6.07) is 11.0. The van der Waals surface area contributed by atoms with Crippen LogP contribution in [0.15, 0.2) is 56.7 Å². The summed E-state index contributed by atoms with van der Waals surface area (Å²) in [5.41, 5.74) is 2.44. The van der Waals surface area contributed by atoms with Crippen molar-refractivity contribution >= 4 is 39.4 Å². The lowest BCUT2D eigenvalue weighted by Crippen LogP contribution is -2.17. The van der Waals surface area contributed by atoms with Crippen LogP contribution in [0.5, 0.6) is 11.5 Å². The van der Waals surface area contributed by atoms with E-state index in [1.807, 2.05) is 24.3 Å². The number of hydrogen-bond donors (Lipinski definition) is 0. The van der Waals surface area contributed by atoms with Crippen molar-refractivity contribution in [2.75, 3.05) is 20.3 Å². The van der Waals surface area contributed by atoms with Crippen LogP contribution in [0.3, 0.4) is 0 Å². The Morgan fingerprint density at radius 2 is 2.00 bits per heavy atom. The van der Waals surface area contributed by atoms with E-state index < -0.39 is 0 Å². The highest BCUT2D eigenvalue weighted by Gasteiger charge is 2.20. The molecular formula is C19H17BrN2O4. The lowest BCUT2D eigenvalue weighted by atomic mass is 10.1. The topological polar surface area (TPSA) is 69.5 Å². The first-order chi connectivity index (χ1) is 12.6. The minimum atomic E-state index is -0.382. The van der Waals surface area contributed by atoms with Gasteiger partial charge in [-0.2, -0.15) is 5.11 Å². The quantitative estimate of drug-likeness (QED) is 0.495. The van der Waals surface area contributed by atoms with Crippen molar-refractivity contribution in [3.63, 3.8) is 0 Å². The van der Waals surface area contributed by atoms with Gasteiger partial charge in [-0.15, -0.1) is 5.11 Å². The summed E-state index contributed by atoms with van der Waals surface area (Å²) < 4.78 is 17.0. The second kappa shape index (κ2) is 8.14. The van der Waals surface area contributed by atoms with Gasteiger partial charge in [-0.25, -0.2) is 4.79 Å². The minimum Gasteiger partial charge on any atom is -0.494 e. The maximum atomic E-state index is 11.9. The smallest absolute Gasteiger partial charge is 0.337 e. The molecule has 1 aliphatic rings. The number of carbonyl (C=O) groups excluding carboxylic acids is 1. The second-order valence-corrected chi connectivity index (χ2v) is 6.33. The summed E-state index contributed by atoms with van der Waals surface area (Å²) in [6.07, 6.45) is 1.74. The van der Waals surface area contributed by atoms with Gasteiger partial charge in [0.2, 0.25) is 0 Å². The van der Waals surface area contributed by atoms with Crippen LogP contribution in [0.25, 0.3) is 6.08 Å². The van der Waals surface area contributed by atoms with Gasteiger partial charge in [0.1, 0.15) is 23.8 Å². The van der Waals surface area contributed by atoms with Crippen LogP contribution in [0.1, 0.15) is 12.5 Å².